The maximum absolute atomic E-state index is 13.1. The summed E-state index contributed by atoms with van der Waals surface area (Å²) in [6.07, 6.45) is 0.269. The number of nitrogens with one attached hydrogen (secondary N) is 2. The summed E-state index contributed by atoms with van der Waals surface area (Å²) in [6.45, 7) is -0.309. The minimum absolute atomic E-state index is 0.0505. The number of carbonyl (C=O) groups is 2. The third kappa shape index (κ3) is 5.19. The zero-order chi connectivity index (χ0) is 19.9. The minimum Gasteiger partial charge on any atom is -0.421 e. The van der Waals surface area contributed by atoms with Crippen LogP contribution in [0.3, 0.4) is 0 Å². The lowest BCUT2D eigenvalue weighted by Crippen LogP contribution is -2.33. The molecule has 0 saturated heterocycles. The van der Waals surface area contributed by atoms with Gasteiger partial charge in [-0.1, -0.05) is 18.2 Å². The highest BCUT2D eigenvalue weighted by Crippen LogP contribution is 2.17. The fraction of sp³-hybridized carbons (Fsp3) is 0.158. The number of hydrogen-bond donors (Lipinski definition) is 2. The SMILES string of the molecule is O=C(CCc1nnc(-c2ccccc2)o1)NCC(=O)Nc1ccc(F)c(F)c1. The van der Waals surface area contributed by atoms with Gasteiger partial charge in [0.25, 0.3) is 0 Å². The van der Waals surface area contributed by atoms with E-state index in [1.807, 2.05) is 30.3 Å². The van der Waals surface area contributed by atoms with Crippen LogP contribution in [-0.2, 0) is 16.0 Å². The Morgan fingerprint density at radius 3 is 2.50 bits per heavy atom. The predicted molar refractivity (Wildman–Crippen MR) is 96.1 cm³/mol. The van der Waals surface area contributed by atoms with Crippen molar-refractivity contribution in [3.8, 4) is 11.5 Å². The average molecular weight is 386 g/mol. The molecule has 3 rings (SSSR count). The fourth-order valence-corrected chi connectivity index (χ4v) is 2.32. The third-order valence-corrected chi connectivity index (χ3v) is 3.70. The van der Waals surface area contributed by atoms with Crippen molar-refractivity contribution in [2.45, 2.75) is 12.8 Å². The van der Waals surface area contributed by atoms with E-state index in [9.17, 15) is 18.4 Å². The molecule has 3 aromatic rings. The van der Waals surface area contributed by atoms with Crippen molar-refractivity contribution in [1.29, 1.82) is 0 Å². The molecule has 2 N–H and O–H groups in total. The van der Waals surface area contributed by atoms with Crippen molar-refractivity contribution in [1.82, 2.24) is 15.5 Å². The van der Waals surface area contributed by atoms with E-state index in [0.29, 0.717) is 11.8 Å². The Labute approximate surface area is 158 Å². The third-order valence-electron chi connectivity index (χ3n) is 3.70. The van der Waals surface area contributed by atoms with Crippen LogP contribution in [0.25, 0.3) is 11.5 Å². The summed E-state index contributed by atoms with van der Waals surface area (Å²) < 4.78 is 31.4. The molecule has 0 saturated carbocycles. The van der Waals surface area contributed by atoms with Gasteiger partial charge in [-0.05, 0) is 24.3 Å². The van der Waals surface area contributed by atoms with Crippen LogP contribution >= 0.6 is 0 Å². The molecular formula is C19H16F2N4O3. The molecule has 0 unspecified atom stereocenters. The van der Waals surface area contributed by atoms with Crippen LogP contribution in [0.2, 0.25) is 0 Å². The number of rotatable bonds is 7. The lowest BCUT2D eigenvalue weighted by Gasteiger charge is -2.07. The topological polar surface area (TPSA) is 97.1 Å². The molecule has 1 aromatic heterocycles. The first kappa shape index (κ1) is 19.2. The molecule has 0 atom stereocenters. The Kier molecular flexibility index (Phi) is 6.05. The van der Waals surface area contributed by atoms with Gasteiger partial charge in [-0.15, -0.1) is 10.2 Å². The number of hydrogen-bond acceptors (Lipinski definition) is 5. The van der Waals surface area contributed by atoms with Crippen molar-refractivity contribution < 1.29 is 22.8 Å². The molecule has 0 bridgehead atoms. The molecule has 1 heterocycles. The van der Waals surface area contributed by atoms with Gasteiger partial charge in [0, 0.05) is 30.2 Å². The second-order valence-corrected chi connectivity index (χ2v) is 5.82. The van der Waals surface area contributed by atoms with Crippen LogP contribution in [0, 0.1) is 11.6 Å². The van der Waals surface area contributed by atoms with E-state index in [1.54, 1.807) is 0 Å². The Balaban J connectivity index is 1.42. The second-order valence-electron chi connectivity index (χ2n) is 5.82. The molecule has 0 aliphatic heterocycles. The van der Waals surface area contributed by atoms with E-state index in [4.69, 9.17) is 4.42 Å². The van der Waals surface area contributed by atoms with Crippen LogP contribution in [0.4, 0.5) is 14.5 Å². The minimum atomic E-state index is -1.07. The summed E-state index contributed by atoms with van der Waals surface area (Å²) in [6, 6.07) is 12.2. The molecule has 0 aliphatic carbocycles. The molecule has 0 radical (unpaired) electrons. The Morgan fingerprint density at radius 1 is 0.964 bits per heavy atom. The highest BCUT2D eigenvalue weighted by Gasteiger charge is 2.12. The molecule has 2 aromatic carbocycles. The van der Waals surface area contributed by atoms with Gasteiger partial charge in [-0.25, -0.2) is 8.78 Å². The number of halogens is 2. The maximum atomic E-state index is 13.1. The molecule has 144 valence electrons. The Morgan fingerprint density at radius 2 is 1.75 bits per heavy atom. The Bertz CT molecular complexity index is 976. The van der Waals surface area contributed by atoms with Gasteiger partial charge in [0.2, 0.25) is 23.6 Å². The van der Waals surface area contributed by atoms with E-state index in [2.05, 4.69) is 20.8 Å². The molecule has 0 spiro atoms. The van der Waals surface area contributed by atoms with E-state index in [0.717, 1.165) is 17.7 Å². The van der Waals surface area contributed by atoms with E-state index >= 15 is 0 Å². The Hall–Kier alpha value is -3.62. The number of aryl methyl sites for hydroxylation is 1. The van der Waals surface area contributed by atoms with Gasteiger partial charge in [-0.3, -0.25) is 9.59 Å². The summed E-state index contributed by atoms with van der Waals surface area (Å²) in [4.78, 5) is 23.6. The number of anilines is 1. The van der Waals surface area contributed by atoms with Crippen molar-refractivity contribution in [2.75, 3.05) is 11.9 Å². The highest BCUT2D eigenvalue weighted by atomic mass is 19.2. The van der Waals surface area contributed by atoms with E-state index < -0.39 is 17.5 Å². The lowest BCUT2D eigenvalue weighted by molar-refractivity contribution is -0.124. The van der Waals surface area contributed by atoms with Gasteiger partial charge in [0.15, 0.2) is 11.6 Å². The second kappa shape index (κ2) is 8.85. The zero-order valence-corrected chi connectivity index (χ0v) is 14.6. The number of nitrogens with zero attached hydrogens (tertiary/aromatic N) is 2. The molecular weight excluding hydrogens is 370 g/mol. The zero-order valence-electron chi connectivity index (χ0n) is 14.6. The number of benzene rings is 2. The van der Waals surface area contributed by atoms with Crippen LogP contribution in [-0.4, -0.2) is 28.6 Å². The number of carbonyl (C=O) groups excluding carboxylic acids is 2. The first-order valence-corrected chi connectivity index (χ1v) is 8.40. The fourth-order valence-electron chi connectivity index (χ4n) is 2.32. The van der Waals surface area contributed by atoms with Gasteiger partial charge < -0.3 is 15.1 Å². The van der Waals surface area contributed by atoms with Crippen molar-refractivity contribution in [3.63, 3.8) is 0 Å². The summed E-state index contributed by atoms with van der Waals surface area (Å²) in [5.74, 6) is -2.37. The lowest BCUT2D eigenvalue weighted by atomic mass is 10.2. The van der Waals surface area contributed by atoms with Gasteiger partial charge in [-0.2, -0.15) is 0 Å². The van der Waals surface area contributed by atoms with Crippen molar-refractivity contribution >= 4 is 17.5 Å². The van der Waals surface area contributed by atoms with Crippen LogP contribution < -0.4 is 10.6 Å². The standard InChI is InChI=1S/C19H16F2N4O3/c20-14-7-6-13(10-15(14)21)23-17(27)11-22-16(26)8-9-18-24-25-19(28-18)12-4-2-1-3-5-12/h1-7,10H,8-9,11H2,(H,22,26)(H,23,27). The summed E-state index contributed by atoms with van der Waals surface area (Å²) >= 11 is 0. The molecule has 0 aliphatic rings. The first-order valence-electron chi connectivity index (χ1n) is 8.40. The summed E-state index contributed by atoms with van der Waals surface area (Å²) in [7, 11) is 0. The summed E-state index contributed by atoms with van der Waals surface area (Å²) in [5, 5.41) is 12.6. The maximum Gasteiger partial charge on any atom is 0.247 e. The predicted octanol–water partition coefficient (Wildman–Crippen LogP) is 2.70. The smallest absolute Gasteiger partial charge is 0.247 e. The van der Waals surface area contributed by atoms with E-state index in [-0.39, 0.29) is 31.0 Å². The summed E-state index contributed by atoms with van der Waals surface area (Å²) in [5.41, 5.74) is 0.872. The van der Waals surface area contributed by atoms with Gasteiger partial charge in [0.1, 0.15) is 0 Å². The van der Waals surface area contributed by atoms with Crippen molar-refractivity contribution in [2.24, 2.45) is 0 Å². The monoisotopic (exact) mass is 386 g/mol. The quantitative estimate of drug-likeness (QED) is 0.651. The molecule has 0 fully saturated rings. The van der Waals surface area contributed by atoms with Gasteiger partial charge >= 0.3 is 0 Å². The van der Waals surface area contributed by atoms with Gasteiger partial charge in [0.05, 0.1) is 6.54 Å². The normalized spacial score (nSPS) is 10.5. The largest absolute Gasteiger partial charge is 0.421 e. The molecule has 28 heavy (non-hydrogen) atoms. The molecule has 2 amide bonds. The van der Waals surface area contributed by atoms with Crippen molar-refractivity contribution in [3.05, 3.63) is 66.1 Å². The average Bonchev–Trinajstić information content (AvgIpc) is 3.17. The molecule has 7 nitrogen and oxygen atoms in total. The van der Waals surface area contributed by atoms with E-state index in [1.165, 1.54) is 6.07 Å². The first-order chi connectivity index (χ1) is 13.5. The molecule has 9 heteroatoms. The van der Waals surface area contributed by atoms with Crippen LogP contribution in [0.1, 0.15) is 12.3 Å². The number of aromatic nitrogens is 2. The van der Waals surface area contributed by atoms with Crippen LogP contribution in [0.15, 0.2) is 52.9 Å². The van der Waals surface area contributed by atoms with Crippen LogP contribution in [0.5, 0.6) is 0 Å². The highest BCUT2D eigenvalue weighted by molar-refractivity contribution is 5.94. The number of amides is 2.